The smallest absolute Gasteiger partial charge is 0.105 e. The summed E-state index contributed by atoms with van der Waals surface area (Å²) in [6.45, 7) is 7.17. The average Bonchev–Trinajstić information content (AvgIpc) is 3.03. The van der Waals surface area contributed by atoms with E-state index in [-0.39, 0.29) is 0 Å². The fourth-order valence-corrected chi connectivity index (χ4v) is 4.00. The lowest BCUT2D eigenvalue weighted by molar-refractivity contribution is 0.555. The molecule has 0 spiro atoms. The van der Waals surface area contributed by atoms with Gasteiger partial charge in [-0.05, 0) is 25.1 Å². The summed E-state index contributed by atoms with van der Waals surface area (Å²) in [7, 11) is 0. The highest BCUT2D eigenvalue weighted by Crippen LogP contribution is 2.40. The first-order chi connectivity index (χ1) is 9.79. The number of imidazole rings is 1. The van der Waals surface area contributed by atoms with E-state index in [2.05, 4.69) is 53.0 Å². The third kappa shape index (κ3) is 2.63. The lowest BCUT2D eigenvalue weighted by Gasteiger charge is -2.16. The topological polar surface area (TPSA) is 29.9 Å². The number of aromatic nitrogens is 2. The number of aryl methyl sites for hydroxylation is 1. The molecular weight excluding hydrogens is 266 g/mol. The van der Waals surface area contributed by atoms with Crippen LogP contribution in [0.5, 0.6) is 0 Å². The van der Waals surface area contributed by atoms with E-state index in [1.54, 1.807) is 0 Å². The van der Waals surface area contributed by atoms with E-state index in [9.17, 15) is 0 Å². The van der Waals surface area contributed by atoms with Gasteiger partial charge in [0.1, 0.15) is 5.82 Å². The van der Waals surface area contributed by atoms with Gasteiger partial charge >= 0.3 is 0 Å². The van der Waals surface area contributed by atoms with Crippen LogP contribution in [0.25, 0.3) is 0 Å². The highest BCUT2D eigenvalue weighted by atomic mass is 32.2. The molecule has 4 heteroatoms. The number of fused-ring (bicyclic) bond motifs is 1. The monoisotopic (exact) mass is 287 g/mol. The molecule has 20 heavy (non-hydrogen) atoms. The van der Waals surface area contributed by atoms with Crippen molar-refractivity contribution in [2.75, 3.05) is 12.3 Å². The Hall–Kier alpha value is -1.26. The minimum atomic E-state index is 0.601. The van der Waals surface area contributed by atoms with Gasteiger partial charge in [0, 0.05) is 35.9 Å². The molecular formula is C16H21N3S. The van der Waals surface area contributed by atoms with Gasteiger partial charge in [-0.1, -0.05) is 25.1 Å². The van der Waals surface area contributed by atoms with E-state index >= 15 is 0 Å². The second-order valence-electron chi connectivity index (χ2n) is 5.23. The van der Waals surface area contributed by atoms with E-state index in [1.165, 1.54) is 21.9 Å². The summed E-state index contributed by atoms with van der Waals surface area (Å²) in [4.78, 5) is 5.93. The van der Waals surface area contributed by atoms with Crippen molar-refractivity contribution in [1.29, 1.82) is 0 Å². The Bertz CT molecular complexity index is 591. The molecule has 0 amide bonds. The van der Waals surface area contributed by atoms with Crippen LogP contribution in [0.15, 0.2) is 35.4 Å². The van der Waals surface area contributed by atoms with Gasteiger partial charge in [-0.3, -0.25) is 0 Å². The molecule has 1 unspecified atom stereocenters. The molecule has 0 saturated carbocycles. The Morgan fingerprint density at radius 3 is 3.10 bits per heavy atom. The van der Waals surface area contributed by atoms with Crippen molar-refractivity contribution in [3.63, 3.8) is 0 Å². The first-order valence-electron chi connectivity index (χ1n) is 7.23. The van der Waals surface area contributed by atoms with Crippen molar-refractivity contribution in [2.45, 2.75) is 37.8 Å². The van der Waals surface area contributed by atoms with Gasteiger partial charge in [-0.2, -0.15) is 0 Å². The Morgan fingerprint density at radius 1 is 1.40 bits per heavy atom. The minimum Gasteiger partial charge on any atom is -0.330 e. The average molecular weight is 287 g/mol. The fraction of sp³-hybridized carbons (Fsp3) is 0.438. The molecule has 0 saturated heterocycles. The minimum absolute atomic E-state index is 0.601. The molecule has 1 aromatic heterocycles. The number of rotatable bonds is 5. The third-order valence-electron chi connectivity index (χ3n) is 3.90. The van der Waals surface area contributed by atoms with Crippen LogP contribution in [0.2, 0.25) is 0 Å². The first kappa shape index (κ1) is 13.7. The molecule has 106 valence electrons. The molecule has 1 N–H and O–H groups in total. The van der Waals surface area contributed by atoms with Crippen molar-refractivity contribution >= 4 is 11.8 Å². The van der Waals surface area contributed by atoms with Gasteiger partial charge in [-0.25, -0.2) is 4.98 Å². The molecule has 1 aromatic carbocycles. The summed E-state index contributed by atoms with van der Waals surface area (Å²) in [5.41, 5.74) is 2.79. The van der Waals surface area contributed by atoms with Crippen LogP contribution in [-0.4, -0.2) is 21.8 Å². The number of benzene rings is 1. The van der Waals surface area contributed by atoms with Crippen LogP contribution in [0, 0.1) is 6.92 Å². The van der Waals surface area contributed by atoms with Crippen molar-refractivity contribution in [2.24, 2.45) is 0 Å². The van der Waals surface area contributed by atoms with Crippen molar-refractivity contribution < 1.29 is 0 Å². The Labute approximate surface area is 124 Å². The van der Waals surface area contributed by atoms with Crippen LogP contribution in [-0.2, 0) is 13.1 Å². The van der Waals surface area contributed by atoms with E-state index in [4.69, 9.17) is 0 Å². The van der Waals surface area contributed by atoms with Gasteiger partial charge in [0.05, 0.1) is 5.69 Å². The molecule has 0 bridgehead atoms. The second-order valence-corrected chi connectivity index (χ2v) is 6.30. The highest BCUT2D eigenvalue weighted by Gasteiger charge is 2.24. The third-order valence-corrected chi connectivity index (χ3v) is 5.15. The van der Waals surface area contributed by atoms with Gasteiger partial charge in [0.25, 0.3) is 0 Å². The number of hydrogen-bond donors (Lipinski definition) is 1. The van der Waals surface area contributed by atoms with Crippen LogP contribution >= 0.6 is 11.8 Å². The Kier molecular flexibility index (Phi) is 4.13. The highest BCUT2D eigenvalue weighted by molar-refractivity contribution is 7.99. The molecule has 2 aromatic rings. The zero-order valence-corrected chi connectivity index (χ0v) is 12.9. The Morgan fingerprint density at radius 2 is 2.25 bits per heavy atom. The van der Waals surface area contributed by atoms with E-state index in [0.717, 1.165) is 25.5 Å². The fourth-order valence-electron chi connectivity index (χ4n) is 2.76. The molecule has 1 aliphatic rings. The number of thioether (sulfide) groups is 1. The maximum atomic E-state index is 4.48. The summed E-state index contributed by atoms with van der Waals surface area (Å²) in [5, 5.41) is 3.40. The lowest BCUT2D eigenvalue weighted by atomic mass is 10.0. The van der Waals surface area contributed by atoms with E-state index in [0.29, 0.717) is 5.92 Å². The summed E-state index contributed by atoms with van der Waals surface area (Å²) in [5.74, 6) is 2.90. The molecule has 3 nitrogen and oxygen atoms in total. The van der Waals surface area contributed by atoms with Crippen LogP contribution < -0.4 is 5.32 Å². The molecule has 2 heterocycles. The predicted octanol–water partition coefficient (Wildman–Crippen LogP) is 3.19. The SMILES string of the molecule is CCNCc1cnc(C)n1CC1CSc2ccccc21. The van der Waals surface area contributed by atoms with Crippen LogP contribution in [0.3, 0.4) is 0 Å². The largest absolute Gasteiger partial charge is 0.330 e. The van der Waals surface area contributed by atoms with Gasteiger partial charge in [-0.15, -0.1) is 11.8 Å². The first-order valence-corrected chi connectivity index (χ1v) is 8.21. The normalized spacial score (nSPS) is 17.4. The van der Waals surface area contributed by atoms with Crippen molar-refractivity contribution in [3.05, 3.63) is 47.5 Å². The maximum absolute atomic E-state index is 4.48. The zero-order chi connectivity index (χ0) is 13.9. The summed E-state index contributed by atoms with van der Waals surface area (Å²) < 4.78 is 2.37. The quantitative estimate of drug-likeness (QED) is 0.916. The van der Waals surface area contributed by atoms with E-state index < -0.39 is 0 Å². The van der Waals surface area contributed by atoms with Crippen molar-refractivity contribution in [1.82, 2.24) is 14.9 Å². The Balaban J connectivity index is 1.80. The van der Waals surface area contributed by atoms with E-state index in [1.807, 2.05) is 18.0 Å². The van der Waals surface area contributed by atoms with Crippen molar-refractivity contribution in [3.8, 4) is 0 Å². The van der Waals surface area contributed by atoms with Gasteiger partial charge in [0.15, 0.2) is 0 Å². The molecule has 1 aliphatic heterocycles. The summed E-state index contributed by atoms with van der Waals surface area (Å²) >= 11 is 1.98. The molecule has 0 radical (unpaired) electrons. The van der Waals surface area contributed by atoms with Crippen LogP contribution in [0.1, 0.15) is 29.9 Å². The molecule has 0 fully saturated rings. The maximum Gasteiger partial charge on any atom is 0.105 e. The van der Waals surface area contributed by atoms with Gasteiger partial charge in [0.2, 0.25) is 0 Å². The summed E-state index contributed by atoms with van der Waals surface area (Å²) in [6.07, 6.45) is 2.01. The number of nitrogens with one attached hydrogen (secondary N) is 1. The predicted molar refractivity (Wildman–Crippen MR) is 84.3 cm³/mol. The standard InChI is InChI=1S/C16H21N3S/c1-3-17-8-14-9-18-12(2)19(14)10-13-11-20-16-7-5-4-6-15(13)16/h4-7,9,13,17H,3,8,10-11H2,1-2H3. The zero-order valence-electron chi connectivity index (χ0n) is 12.1. The molecule has 0 aliphatic carbocycles. The molecule has 3 rings (SSSR count). The number of nitrogens with zero attached hydrogens (tertiary/aromatic N) is 2. The summed E-state index contributed by atoms with van der Waals surface area (Å²) in [6, 6.07) is 8.79. The lowest BCUT2D eigenvalue weighted by Crippen LogP contribution is -2.18. The molecule has 1 atom stereocenters. The van der Waals surface area contributed by atoms with Crippen LogP contribution in [0.4, 0.5) is 0 Å². The second kappa shape index (κ2) is 6.02. The number of hydrogen-bond acceptors (Lipinski definition) is 3. The van der Waals surface area contributed by atoms with Gasteiger partial charge < -0.3 is 9.88 Å².